The lowest BCUT2D eigenvalue weighted by molar-refractivity contribution is -0.0925. The highest BCUT2D eigenvalue weighted by molar-refractivity contribution is 6.06. The summed E-state index contributed by atoms with van der Waals surface area (Å²) in [5.74, 6) is 0. The Hall–Kier alpha value is -3.61. The lowest BCUT2D eigenvalue weighted by atomic mass is 9.87. The fourth-order valence-corrected chi connectivity index (χ4v) is 4.50. The number of aromatic nitrogens is 1. The third-order valence-electron chi connectivity index (χ3n) is 6.96. The van der Waals surface area contributed by atoms with Gasteiger partial charge in [-0.15, -0.1) is 0 Å². The number of rotatable bonds is 12. The minimum atomic E-state index is -4.69. The Balaban J connectivity index is 1.83. The Morgan fingerprint density at radius 1 is 0.850 bits per heavy atom. The van der Waals surface area contributed by atoms with E-state index in [-0.39, 0.29) is 11.1 Å². The zero-order valence-corrected chi connectivity index (χ0v) is 24.0. The molecule has 0 bridgehead atoms. The van der Waals surface area contributed by atoms with Crippen molar-refractivity contribution in [2.75, 3.05) is 11.4 Å². The average molecular weight is 551 g/mol. The summed E-state index contributed by atoms with van der Waals surface area (Å²) in [6.45, 7) is 9.77. The van der Waals surface area contributed by atoms with Crippen molar-refractivity contribution in [2.24, 2.45) is 5.73 Å². The molecule has 0 unspecified atom stereocenters. The molecule has 3 aromatic rings. The molecule has 0 saturated carbocycles. The van der Waals surface area contributed by atoms with E-state index < -0.39 is 17.6 Å². The van der Waals surface area contributed by atoms with Gasteiger partial charge in [0, 0.05) is 24.1 Å². The van der Waals surface area contributed by atoms with Crippen LogP contribution in [0.25, 0.3) is 11.1 Å². The number of alkyl halides is 3. The van der Waals surface area contributed by atoms with Gasteiger partial charge in [-0.25, -0.2) is 0 Å². The highest BCUT2D eigenvalue weighted by atomic mass is 19.4. The molecular formula is C33H41F3N4. The molecule has 0 amide bonds. The Labute approximate surface area is 236 Å². The molecule has 40 heavy (non-hydrogen) atoms. The zero-order chi connectivity index (χ0) is 29.3. The highest BCUT2D eigenvalue weighted by Gasteiger charge is 2.31. The number of nitrogens with two attached hydrogens (primary N) is 1. The fraction of sp³-hybridized carbons (Fsp3) is 0.394. The molecule has 0 aliphatic heterocycles. The largest absolute Gasteiger partial charge is 0.430 e. The second-order valence-corrected chi connectivity index (χ2v) is 11.2. The van der Waals surface area contributed by atoms with Crippen molar-refractivity contribution in [1.82, 2.24) is 4.98 Å². The second-order valence-electron chi connectivity index (χ2n) is 11.2. The molecule has 214 valence electrons. The number of nitrogens with zero attached hydrogens (tertiary/aromatic N) is 2. The fourth-order valence-electron chi connectivity index (χ4n) is 4.50. The predicted molar refractivity (Wildman–Crippen MR) is 160 cm³/mol. The van der Waals surface area contributed by atoms with E-state index >= 15 is 0 Å². The second kappa shape index (κ2) is 13.6. The van der Waals surface area contributed by atoms with Crippen molar-refractivity contribution in [3.63, 3.8) is 0 Å². The third kappa shape index (κ3) is 8.70. The Kier molecular flexibility index (Phi) is 10.5. The molecule has 0 saturated heterocycles. The number of hydrogen-bond donors (Lipinski definition) is 2. The Morgan fingerprint density at radius 3 is 2.00 bits per heavy atom. The van der Waals surface area contributed by atoms with E-state index in [1.807, 2.05) is 12.1 Å². The van der Waals surface area contributed by atoms with Crippen molar-refractivity contribution >= 4 is 17.1 Å². The van der Waals surface area contributed by atoms with Gasteiger partial charge in [0.05, 0.1) is 11.4 Å². The average Bonchev–Trinajstić information content (AvgIpc) is 2.92. The van der Waals surface area contributed by atoms with Crippen LogP contribution in [-0.2, 0) is 5.41 Å². The van der Waals surface area contributed by atoms with Crippen molar-refractivity contribution < 1.29 is 13.2 Å². The summed E-state index contributed by atoms with van der Waals surface area (Å²) >= 11 is 0. The molecule has 0 fully saturated rings. The number of nitrogens with one attached hydrogen (secondary N) is 1. The summed E-state index contributed by atoms with van der Waals surface area (Å²) in [5.41, 5.74) is 8.73. The van der Waals surface area contributed by atoms with Crippen LogP contribution >= 0.6 is 0 Å². The van der Waals surface area contributed by atoms with E-state index in [4.69, 9.17) is 11.1 Å². The van der Waals surface area contributed by atoms with E-state index in [2.05, 4.69) is 74.0 Å². The van der Waals surface area contributed by atoms with Gasteiger partial charge in [0.1, 0.15) is 5.70 Å². The molecule has 1 heterocycles. The van der Waals surface area contributed by atoms with Crippen molar-refractivity contribution in [2.45, 2.75) is 77.8 Å². The monoisotopic (exact) mass is 550 g/mol. The number of unbranched alkanes of at least 4 members (excludes halogenated alkanes) is 5. The molecule has 1 aromatic heterocycles. The zero-order valence-electron chi connectivity index (χ0n) is 24.0. The minimum Gasteiger partial charge on any atom is -0.395 e. The number of hydrogen-bond acceptors (Lipinski definition) is 4. The maximum Gasteiger partial charge on any atom is 0.430 e. The van der Waals surface area contributed by atoms with Gasteiger partial charge < -0.3 is 10.6 Å². The first-order chi connectivity index (χ1) is 18.9. The van der Waals surface area contributed by atoms with Gasteiger partial charge >= 0.3 is 6.18 Å². The van der Waals surface area contributed by atoms with E-state index in [1.54, 1.807) is 12.1 Å². The van der Waals surface area contributed by atoms with Crippen LogP contribution < -0.4 is 10.6 Å². The molecule has 0 aliphatic carbocycles. The van der Waals surface area contributed by atoms with Gasteiger partial charge in [-0.3, -0.25) is 10.4 Å². The third-order valence-corrected chi connectivity index (χ3v) is 6.96. The van der Waals surface area contributed by atoms with Crippen molar-refractivity contribution in [3.05, 3.63) is 89.9 Å². The summed E-state index contributed by atoms with van der Waals surface area (Å²) < 4.78 is 38.4. The van der Waals surface area contributed by atoms with E-state index in [0.717, 1.165) is 35.5 Å². The van der Waals surface area contributed by atoms with E-state index in [9.17, 15) is 13.2 Å². The minimum absolute atomic E-state index is 0.0816. The van der Waals surface area contributed by atoms with Gasteiger partial charge in [0.2, 0.25) is 0 Å². The molecule has 0 aliphatic rings. The first-order valence-electron chi connectivity index (χ1n) is 14.0. The van der Waals surface area contributed by atoms with E-state index in [0.29, 0.717) is 6.08 Å². The van der Waals surface area contributed by atoms with E-state index in [1.165, 1.54) is 43.9 Å². The summed E-state index contributed by atoms with van der Waals surface area (Å²) in [7, 11) is 0. The van der Waals surface area contributed by atoms with Crippen LogP contribution in [0.3, 0.4) is 0 Å². The van der Waals surface area contributed by atoms with Gasteiger partial charge in [0.25, 0.3) is 0 Å². The topological polar surface area (TPSA) is 66.0 Å². The first kappa shape index (κ1) is 30.9. The molecule has 0 atom stereocenters. The molecule has 4 nitrogen and oxygen atoms in total. The summed E-state index contributed by atoms with van der Waals surface area (Å²) in [6.07, 6.45) is 4.71. The molecule has 7 heteroatoms. The summed E-state index contributed by atoms with van der Waals surface area (Å²) in [6, 6.07) is 20.3. The smallest absolute Gasteiger partial charge is 0.395 e. The molecule has 2 aromatic carbocycles. The summed E-state index contributed by atoms with van der Waals surface area (Å²) in [5, 5.41) is 8.03. The predicted octanol–water partition coefficient (Wildman–Crippen LogP) is 9.32. The molecule has 0 spiro atoms. The van der Waals surface area contributed by atoms with Crippen LogP contribution in [-0.4, -0.2) is 23.4 Å². The van der Waals surface area contributed by atoms with Crippen molar-refractivity contribution in [3.8, 4) is 11.1 Å². The summed E-state index contributed by atoms with van der Waals surface area (Å²) in [4.78, 5) is 6.41. The number of anilines is 2. The highest BCUT2D eigenvalue weighted by Crippen LogP contribution is 2.31. The van der Waals surface area contributed by atoms with Gasteiger partial charge in [0.15, 0.2) is 0 Å². The molecular weight excluding hydrogens is 509 g/mol. The maximum atomic E-state index is 12.8. The molecule has 0 radical (unpaired) electrons. The molecule has 3 rings (SSSR count). The maximum absolute atomic E-state index is 12.8. The SMILES string of the molecule is CCCCCCCCN(c1ccc(-c2ccnc(C(=N)C=C(N)C(F)(F)F)c2)cc1)c1ccc(C(C)(C)C)cc1. The van der Waals surface area contributed by atoms with Crippen LogP contribution in [0.4, 0.5) is 24.5 Å². The normalized spacial score (nSPS) is 12.4. The van der Waals surface area contributed by atoms with Crippen LogP contribution in [0.15, 0.2) is 78.6 Å². The number of benzene rings is 2. The van der Waals surface area contributed by atoms with Crippen LogP contribution in [0, 0.1) is 5.41 Å². The van der Waals surface area contributed by atoms with Gasteiger partial charge in [-0.1, -0.05) is 84.1 Å². The number of pyridine rings is 1. The van der Waals surface area contributed by atoms with Gasteiger partial charge in [-0.05, 0) is 71.0 Å². The lowest BCUT2D eigenvalue weighted by Crippen LogP contribution is -2.20. The Bertz CT molecular complexity index is 1270. The van der Waals surface area contributed by atoms with Crippen LogP contribution in [0.1, 0.15) is 77.5 Å². The van der Waals surface area contributed by atoms with Crippen molar-refractivity contribution in [1.29, 1.82) is 5.41 Å². The Morgan fingerprint density at radius 2 is 1.43 bits per heavy atom. The lowest BCUT2D eigenvalue weighted by Gasteiger charge is -2.27. The molecule has 3 N–H and O–H groups in total. The number of halogens is 3. The van der Waals surface area contributed by atoms with Crippen LogP contribution in [0.5, 0.6) is 0 Å². The quantitative estimate of drug-likeness (QED) is 0.174. The standard InChI is InChI=1S/C33H41F3N4/c1-5-6-7-8-9-10-21-40(28-17-13-26(14-18-28)32(2,3)4)27-15-11-24(12-16-27)25-19-20-39-30(22-25)29(37)23-31(38)33(34,35)36/h11-20,22-23,37H,5-10,21,38H2,1-4H3. The number of allylic oxidation sites excluding steroid dienone is 2. The first-order valence-corrected chi connectivity index (χ1v) is 14.0. The van der Waals surface area contributed by atoms with Crippen LogP contribution in [0.2, 0.25) is 0 Å². The van der Waals surface area contributed by atoms with Gasteiger partial charge in [-0.2, -0.15) is 13.2 Å².